The number of anilines is 2. The molecule has 3 rings (SSSR count). The van der Waals surface area contributed by atoms with E-state index in [2.05, 4.69) is 25.8 Å². The molecule has 8 heteroatoms. The number of urea groups is 1. The second kappa shape index (κ2) is 5.23. The van der Waals surface area contributed by atoms with Crippen LogP contribution in [-0.2, 0) is 0 Å². The summed E-state index contributed by atoms with van der Waals surface area (Å²) in [6, 6.07) is 5.98. The number of nitrogens with zero attached hydrogens (tertiary/aromatic N) is 2. The fourth-order valence-electron chi connectivity index (χ4n) is 1.92. The molecule has 0 unspecified atom stereocenters. The van der Waals surface area contributed by atoms with Gasteiger partial charge in [-0.25, -0.2) is 9.78 Å². The maximum atomic E-state index is 12.0. The summed E-state index contributed by atoms with van der Waals surface area (Å²) in [4.78, 5) is 27.0. The van der Waals surface area contributed by atoms with Gasteiger partial charge in [-0.3, -0.25) is 9.89 Å². The second-order valence-electron chi connectivity index (χ2n) is 4.84. The van der Waals surface area contributed by atoms with Crippen LogP contribution in [0.2, 0.25) is 0 Å². The van der Waals surface area contributed by atoms with Gasteiger partial charge in [0.15, 0.2) is 0 Å². The van der Waals surface area contributed by atoms with Gasteiger partial charge in [0.2, 0.25) is 5.82 Å². The third-order valence-electron chi connectivity index (χ3n) is 3.06. The predicted molar refractivity (Wildman–Crippen MR) is 76.0 cm³/mol. The lowest BCUT2D eigenvalue weighted by molar-refractivity contribution is 0.101. The molecule has 0 saturated heterocycles. The van der Waals surface area contributed by atoms with Crippen molar-refractivity contribution in [2.75, 3.05) is 10.6 Å². The summed E-state index contributed by atoms with van der Waals surface area (Å²) in [5.74, 6) is 0.853. The molecule has 1 saturated carbocycles. The van der Waals surface area contributed by atoms with Crippen LogP contribution in [0.3, 0.4) is 0 Å². The van der Waals surface area contributed by atoms with Crippen molar-refractivity contribution in [3.8, 4) is 0 Å². The van der Waals surface area contributed by atoms with E-state index in [9.17, 15) is 9.59 Å². The molecule has 1 aliphatic carbocycles. The van der Waals surface area contributed by atoms with Crippen molar-refractivity contribution in [1.29, 1.82) is 0 Å². The molecule has 8 nitrogen and oxygen atoms in total. The number of carbonyl (C=O) groups excluding carboxylic acids is 2. The van der Waals surface area contributed by atoms with Gasteiger partial charge in [-0.15, -0.1) is 5.10 Å². The molecular formula is C13H14N6O2. The Balaban J connectivity index is 1.69. The molecule has 1 aromatic heterocycles. The maximum absolute atomic E-state index is 12.0. The number of rotatable bonds is 4. The van der Waals surface area contributed by atoms with Gasteiger partial charge in [-0.2, -0.15) is 0 Å². The highest BCUT2D eigenvalue weighted by Gasteiger charge is 2.28. The van der Waals surface area contributed by atoms with Crippen molar-refractivity contribution in [3.63, 3.8) is 0 Å². The summed E-state index contributed by atoms with van der Waals surface area (Å²) in [6.45, 7) is 0. The van der Waals surface area contributed by atoms with Gasteiger partial charge in [-0.1, -0.05) is 6.07 Å². The minimum atomic E-state index is -0.665. The van der Waals surface area contributed by atoms with Crippen molar-refractivity contribution >= 4 is 23.3 Å². The summed E-state index contributed by atoms with van der Waals surface area (Å²) in [5.41, 5.74) is 6.05. The number of benzene rings is 1. The van der Waals surface area contributed by atoms with Crippen LogP contribution in [0.1, 0.15) is 35.2 Å². The quantitative estimate of drug-likeness (QED) is 0.678. The highest BCUT2D eigenvalue weighted by molar-refractivity contribution is 6.02. The number of primary amides is 1. The molecule has 2 aromatic rings. The number of nitrogens with two attached hydrogens (primary N) is 1. The number of carbonyl (C=O) groups is 2. The first kappa shape index (κ1) is 13.1. The summed E-state index contributed by atoms with van der Waals surface area (Å²) >= 11 is 0. The Labute approximate surface area is 120 Å². The Kier molecular flexibility index (Phi) is 3.27. The van der Waals surface area contributed by atoms with Crippen LogP contribution < -0.4 is 16.4 Å². The van der Waals surface area contributed by atoms with E-state index in [1.165, 1.54) is 0 Å². The van der Waals surface area contributed by atoms with E-state index in [4.69, 9.17) is 5.73 Å². The van der Waals surface area contributed by atoms with E-state index in [1.54, 1.807) is 24.3 Å². The standard InChI is InChI=1S/C13H14N6O2/c14-13(21)16-9-3-1-2-8(6-9)15-12(20)11-17-10(18-19-11)7-4-5-7/h1-3,6-7H,4-5H2,(H,15,20)(H3,14,16,21)(H,17,18,19). The molecule has 21 heavy (non-hydrogen) atoms. The van der Waals surface area contributed by atoms with E-state index in [0.717, 1.165) is 18.7 Å². The molecule has 3 amide bonds. The molecule has 0 bridgehead atoms. The van der Waals surface area contributed by atoms with E-state index in [0.29, 0.717) is 17.3 Å². The van der Waals surface area contributed by atoms with Gasteiger partial charge in [0, 0.05) is 17.3 Å². The van der Waals surface area contributed by atoms with Crippen LogP contribution in [-0.4, -0.2) is 27.1 Å². The SMILES string of the molecule is NC(=O)Nc1cccc(NC(=O)c2n[nH]c(C3CC3)n2)c1. The van der Waals surface area contributed by atoms with Gasteiger partial charge in [-0.05, 0) is 31.0 Å². The minimum absolute atomic E-state index is 0.102. The van der Waals surface area contributed by atoms with Crippen LogP contribution in [0.4, 0.5) is 16.2 Å². The third kappa shape index (κ3) is 3.16. The van der Waals surface area contributed by atoms with Crippen LogP contribution in [0.5, 0.6) is 0 Å². The van der Waals surface area contributed by atoms with Gasteiger partial charge in [0.05, 0.1) is 0 Å². The van der Waals surface area contributed by atoms with Gasteiger partial charge >= 0.3 is 6.03 Å². The number of hydrogen-bond acceptors (Lipinski definition) is 4. The molecule has 1 aliphatic rings. The van der Waals surface area contributed by atoms with Crippen LogP contribution in [0, 0.1) is 0 Å². The summed E-state index contributed by atoms with van der Waals surface area (Å²) in [5, 5.41) is 11.8. The predicted octanol–water partition coefficient (Wildman–Crippen LogP) is 1.43. The summed E-state index contributed by atoms with van der Waals surface area (Å²) < 4.78 is 0. The van der Waals surface area contributed by atoms with Crippen molar-refractivity contribution < 1.29 is 9.59 Å². The zero-order chi connectivity index (χ0) is 14.8. The molecule has 108 valence electrons. The van der Waals surface area contributed by atoms with Crippen LogP contribution in [0.15, 0.2) is 24.3 Å². The largest absolute Gasteiger partial charge is 0.351 e. The Morgan fingerprint density at radius 1 is 1.24 bits per heavy atom. The number of hydrogen-bond donors (Lipinski definition) is 4. The fraction of sp³-hybridized carbons (Fsp3) is 0.231. The molecule has 1 heterocycles. The zero-order valence-electron chi connectivity index (χ0n) is 11.1. The third-order valence-corrected chi connectivity index (χ3v) is 3.06. The van der Waals surface area contributed by atoms with Crippen LogP contribution in [0.25, 0.3) is 0 Å². The molecule has 0 radical (unpaired) electrons. The zero-order valence-corrected chi connectivity index (χ0v) is 11.1. The Morgan fingerprint density at radius 2 is 1.95 bits per heavy atom. The molecule has 1 fully saturated rings. The number of aromatic amines is 1. The highest BCUT2D eigenvalue weighted by Crippen LogP contribution is 2.37. The molecule has 0 aliphatic heterocycles. The number of nitrogens with one attached hydrogen (secondary N) is 3. The van der Waals surface area contributed by atoms with Gasteiger partial charge < -0.3 is 16.4 Å². The molecule has 5 N–H and O–H groups in total. The first-order valence-electron chi connectivity index (χ1n) is 6.52. The molecule has 0 spiro atoms. The molecule has 1 aromatic carbocycles. The average Bonchev–Trinajstić information content (AvgIpc) is 3.16. The summed E-state index contributed by atoms with van der Waals surface area (Å²) in [6.07, 6.45) is 2.16. The number of amides is 3. The smallest absolute Gasteiger partial charge is 0.316 e. The fourth-order valence-corrected chi connectivity index (χ4v) is 1.92. The topological polar surface area (TPSA) is 126 Å². The van der Waals surface area contributed by atoms with Crippen molar-refractivity contribution in [2.24, 2.45) is 5.73 Å². The van der Waals surface area contributed by atoms with Crippen LogP contribution >= 0.6 is 0 Å². The van der Waals surface area contributed by atoms with Crippen molar-refractivity contribution in [3.05, 3.63) is 35.9 Å². The lowest BCUT2D eigenvalue weighted by Crippen LogP contribution is -2.19. The first-order chi connectivity index (χ1) is 10.1. The first-order valence-corrected chi connectivity index (χ1v) is 6.52. The summed E-state index contributed by atoms with van der Waals surface area (Å²) in [7, 11) is 0. The maximum Gasteiger partial charge on any atom is 0.316 e. The van der Waals surface area contributed by atoms with E-state index < -0.39 is 11.9 Å². The molecular weight excluding hydrogens is 272 g/mol. The van der Waals surface area contributed by atoms with Gasteiger partial charge in [0.25, 0.3) is 5.91 Å². The monoisotopic (exact) mass is 286 g/mol. The van der Waals surface area contributed by atoms with Crippen molar-refractivity contribution in [2.45, 2.75) is 18.8 Å². The number of aromatic nitrogens is 3. The molecule has 0 atom stereocenters. The lowest BCUT2D eigenvalue weighted by Gasteiger charge is -2.06. The van der Waals surface area contributed by atoms with E-state index in [1.807, 2.05) is 0 Å². The number of H-pyrrole nitrogens is 1. The van der Waals surface area contributed by atoms with E-state index in [-0.39, 0.29) is 5.82 Å². The average molecular weight is 286 g/mol. The normalized spacial score (nSPS) is 13.7. The Hall–Kier alpha value is -2.90. The highest BCUT2D eigenvalue weighted by atomic mass is 16.2. The Morgan fingerprint density at radius 3 is 2.62 bits per heavy atom. The minimum Gasteiger partial charge on any atom is -0.351 e. The van der Waals surface area contributed by atoms with E-state index >= 15 is 0 Å². The second-order valence-corrected chi connectivity index (χ2v) is 4.84. The van der Waals surface area contributed by atoms with Gasteiger partial charge in [0.1, 0.15) is 5.82 Å². The van der Waals surface area contributed by atoms with Crippen molar-refractivity contribution in [1.82, 2.24) is 15.2 Å². The Bertz CT molecular complexity index is 691. The lowest BCUT2D eigenvalue weighted by atomic mass is 10.2.